The van der Waals surface area contributed by atoms with Gasteiger partial charge in [0.1, 0.15) is 5.69 Å². The summed E-state index contributed by atoms with van der Waals surface area (Å²) in [4.78, 5) is 17.8. The summed E-state index contributed by atoms with van der Waals surface area (Å²) in [6.07, 6.45) is 0. The number of aromatic nitrogens is 2. The van der Waals surface area contributed by atoms with Gasteiger partial charge in [0.2, 0.25) is 0 Å². The van der Waals surface area contributed by atoms with Crippen LogP contribution in [0.15, 0.2) is 65.1 Å². The molecule has 2 aromatic carbocycles. The summed E-state index contributed by atoms with van der Waals surface area (Å²) >= 11 is 3.55. The number of hydrogen-bond donors (Lipinski definition) is 0. The molecule has 0 radical (unpaired) electrons. The summed E-state index contributed by atoms with van der Waals surface area (Å²) in [6, 6.07) is 21.3. The third-order valence-corrected chi connectivity index (χ3v) is 6.48. The lowest BCUT2D eigenvalue weighted by Crippen LogP contribution is -2.50. The van der Waals surface area contributed by atoms with Crippen molar-refractivity contribution in [3.05, 3.63) is 87.7 Å². The second-order valence-corrected chi connectivity index (χ2v) is 10.4. The SMILES string of the molecule is Cc1cc(C(=O)N2CCN([C@H](c3ccccc3)c3ccc(Br)cc3)CC2)n(C(C)(C)C)n1. The summed E-state index contributed by atoms with van der Waals surface area (Å²) in [5.74, 6) is 0.0695. The normalized spacial score (nSPS) is 16.2. The highest BCUT2D eigenvalue weighted by Gasteiger charge is 2.31. The van der Waals surface area contributed by atoms with Gasteiger partial charge in [-0.25, -0.2) is 0 Å². The number of halogens is 1. The van der Waals surface area contributed by atoms with Crippen molar-refractivity contribution in [1.29, 1.82) is 0 Å². The van der Waals surface area contributed by atoms with E-state index >= 15 is 0 Å². The highest BCUT2D eigenvalue weighted by Crippen LogP contribution is 2.31. The van der Waals surface area contributed by atoms with E-state index in [-0.39, 0.29) is 17.5 Å². The number of carbonyl (C=O) groups is 1. The minimum atomic E-state index is -0.235. The Hall–Kier alpha value is -2.44. The van der Waals surface area contributed by atoms with Crippen LogP contribution >= 0.6 is 15.9 Å². The fraction of sp³-hybridized carbons (Fsp3) is 0.385. The molecular weight excluding hydrogens is 464 g/mol. The van der Waals surface area contributed by atoms with Crippen LogP contribution in [0.2, 0.25) is 0 Å². The number of amides is 1. The summed E-state index contributed by atoms with van der Waals surface area (Å²) in [7, 11) is 0. The van der Waals surface area contributed by atoms with Gasteiger partial charge in [0, 0.05) is 30.7 Å². The van der Waals surface area contributed by atoms with Crippen molar-refractivity contribution in [2.75, 3.05) is 26.2 Å². The quantitative estimate of drug-likeness (QED) is 0.496. The van der Waals surface area contributed by atoms with Crippen molar-refractivity contribution in [3.63, 3.8) is 0 Å². The lowest BCUT2D eigenvalue weighted by atomic mass is 9.96. The Kier molecular flexibility index (Phi) is 6.54. The van der Waals surface area contributed by atoms with E-state index in [4.69, 9.17) is 0 Å². The van der Waals surface area contributed by atoms with Crippen molar-refractivity contribution in [2.45, 2.75) is 39.3 Å². The Bertz CT molecular complexity index is 1060. The van der Waals surface area contributed by atoms with Gasteiger partial charge in [-0.15, -0.1) is 0 Å². The molecule has 5 nitrogen and oxygen atoms in total. The molecule has 1 atom stereocenters. The lowest BCUT2D eigenvalue weighted by molar-refractivity contribution is 0.0578. The van der Waals surface area contributed by atoms with Crippen LogP contribution in [0, 0.1) is 6.92 Å². The van der Waals surface area contributed by atoms with Crippen LogP contribution in [0.25, 0.3) is 0 Å². The molecule has 0 spiro atoms. The fourth-order valence-corrected chi connectivity index (χ4v) is 4.67. The molecule has 1 fully saturated rings. The number of nitrogens with zero attached hydrogens (tertiary/aromatic N) is 4. The maximum Gasteiger partial charge on any atom is 0.272 e. The van der Waals surface area contributed by atoms with E-state index in [0.29, 0.717) is 18.8 Å². The first-order chi connectivity index (χ1) is 15.2. The fourth-order valence-electron chi connectivity index (χ4n) is 4.40. The minimum Gasteiger partial charge on any atom is -0.335 e. The predicted molar refractivity (Wildman–Crippen MR) is 132 cm³/mol. The van der Waals surface area contributed by atoms with E-state index in [0.717, 1.165) is 23.3 Å². The monoisotopic (exact) mass is 494 g/mol. The van der Waals surface area contributed by atoms with Gasteiger partial charge < -0.3 is 4.90 Å². The standard InChI is InChI=1S/C26H31BrN4O/c1-19-18-23(31(28-19)26(2,3)4)25(32)30-16-14-29(15-17-30)24(20-8-6-5-7-9-20)21-10-12-22(27)13-11-21/h5-13,18,24H,14-17H2,1-4H3/t24-/m1/s1. The molecule has 1 aliphatic rings. The van der Waals surface area contributed by atoms with Crippen molar-refractivity contribution in [1.82, 2.24) is 19.6 Å². The molecule has 0 N–H and O–H groups in total. The second kappa shape index (κ2) is 9.20. The van der Waals surface area contributed by atoms with Gasteiger partial charge in [-0.1, -0.05) is 58.4 Å². The average Bonchev–Trinajstić information content (AvgIpc) is 3.18. The summed E-state index contributed by atoms with van der Waals surface area (Å²) in [6.45, 7) is 11.2. The number of piperazine rings is 1. The number of benzene rings is 2. The molecule has 3 aromatic rings. The maximum atomic E-state index is 13.4. The van der Waals surface area contributed by atoms with Crippen LogP contribution in [-0.4, -0.2) is 51.7 Å². The molecule has 2 heterocycles. The first kappa shape index (κ1) is 22.7. The smallest absolute Gasteiger partial charge is 0.272 e. The predicted octanol–water partition coefficient (Wildman–Crippen LogP) is 5.26. The Morgan fingerprint density at radius 3 is 2.12 bits per heavy atom. The minimum absolute atomic E-state index is 0.0695. The van der Waals surface area contributed by atoms with Crippen LogP contribution in [0.5, 0.6) is 0 Å². The van der Waals surface area contributed by atoms with Crippen molar-refractivity contribution in [2.24, 2.45) is 0 Å². The number of rotatable bonds is 4. The molecule has 6 heteroatoms. The van der Waals surface area contributed by atoms with E-state index in [1.165, 1.54) is 11.1 Å². The molecule has 168 valence electrons. The maximum absolute atomic E-state index is 13.4. The van der Waals surface area contributed by atoms with Crippen LogP contribution in [0.3, 0.4) is 0 Å². The molecule has 0 bridgehead atoms. The molecule has 0 aliphatic carbocycles. The zero-order valence-corrected chi connectivity index (χ0v) is 20.8. The largest absolute Gasteiger partial charge is 0.335 e. The van der Waals surface area contributed by atoms with Crippen LogP contribution in [0.1, 0.15) is 54.1 Å². The van der Waals surface area contributed by atoms with E-state index in [1.54, 1.807) is 0 Å². The van der Waals surface area contributed by atoms with Crippen molar-refractivity contribution < 1.29 is 4.79 Å². The van der Waals surface area contributed by atoms with Gasteiger partial charge in [0.15, 0.2) is 0 Å². The van der Waals surface area contributed by atoms with Gasteiger partial charge in [-0.2, -0.15) is 5.10 Å². The molecular formula is C26H31BrN4O. The first-order valence-electron chi connectivity index (χ1n) is 11.1. The molecule has 32 heavy (non-hydrogen) atoms. The van der Waals surface area contributed by atoms with Crippen LogP contribution in [0.4, 0.5) is 0 Å². The topological polar surface area (TPSA) is 41.4 Å². The summed E-state index contributed by atoms with van der Waals surface area (Å²) < 4.78 is 2.94. The van der Waals surface area contributed by atoms with Crippen molar-refractivity contribution >= 4 is 21.8 Å². The van der Waals surface area contributed by atoms with Gasteiger partial charge in [-0.3, -0.25) is 14.4 Å². The average molecular weight is 495 g/mol. The summed E-state index contributed by atoms with van der Waals surface area (Å²) in [5, 5.41) is 4.58. The molecule has 4 rings (SSSR count). The first-order valence-corrected chi connectivity index (χ1v) is 11.9. The number of aryl methyl sites for hydroxylation is 1. The molecule has 1 amide bonds. The zero-order chi connectivity index (χ0) is 22.9. The zero-order valence-electron chi connectivity index (χ0n) is 19.3. The molecule has 1 saturated heterocycles. The van der Waals surface area contributed by atoms with E-state index in [2.05, 4.69) is 101 Å². The molecule has 1 aliphatic heterocycles. The van der Waals surface area contributed by atoms with E-state index < -0.39 is 0 Å². The van der Waals surface area contributed by atoms with Crippen LogP contribution < -0.4 is 0 Å². The van der Waals surface area contributed by atoms with E-state index in [1.807, 2.05) is 22.6 Å². The van der Waals surface area contributed by atoms with Gasteiger partial charge in [0.25, 0.3) is 5.91 Å². The number of carbonyl (C=O) groups excluding carboxylic acids is 1. The van der Waals surface area contributed by atoms with Crippen LogP contribution in [-0.2, 0) is 5.54 Å². The van der Waals surface area contributed by atoms with Gasteiger partial charge >= 0.3 is 0 Å². The third-order valence-electron chi connectivity index (χ3n) is 5.95. The lowest BCUT2D eigenvalue weighted by Gasteiger charge is -2.40. The number of hydrogen-bond acceptors (Lipinski definition) is 3. The Morgan fingerprint density at radius 1 is 0.938 bits per heavy atom. The molecule has 0 saturated carbocycles. The molecule has 1 aromatic heterocycles. The van der Waals surface area contributed by atoms with Crippen molar-refractivity contribution in [3.8, 4) is 0 Å². The Labute approximate surface area is 199 Å². The highest BCUT2D eigenvalue weighted by molar-refractivity contribution is 9.10. The van der Waals surface area contributed by atoms with E-state index in [9.17, 15) is 4.79 Å². The Balaban J connectivity index is 1.54. The highest BCUT2D eigenvalue weighted by atomic mass is 79.9. The van der Waals surface area contributed by atoms with Gasteiger partial charge in [-0.05, 0) is 57.0 Å². The summed E-state index contributed by atoms with van der Waals surface area (Å²) in [5.41, 5.74) is 3.86. The third kappa shape index (κ3) is 4.81. The second-order valence-electron chi connectivity index (χ2n) is 9.45. The Morgan fingerprint density at radius 2 is 1.53 bits per heavy atom. The van der Waals surface area contributed by atoms with Gasteiger partial charge in [0.05, 0.1) is 17.3 Å². The molecule has 0 unspecified atom stereocenters.